The molecule has 1 N–H and O–H groups in total. The molecule has 1 saturated heterocycles. The highest BCUT2D eigenvalue weighted by atomic mass is 19.1. The molecule has 1 aliphatic heterocycles. The van der Waals surface area contributed by atoms with Gasteiger partial charge in [0, 0.05) is 25.0 Å². The molecule has 126 valence electrons. The topological polar surface area (TPSA) is 49.8 Å². The van der Waals surface area contributed by atoms with E-state index in [0.717, 1.165) is 36.8 Å². The number of carboxylic acids is 1. The third-order valence-electron chi connectivity index (χ3n) is 5.45. The van der Waals surface area contributed by atoms with Gasteiger partial charge in [0.1, 0.15) is 5.75 Å². The van der Waals surface area contributed by atoms with Gasteiger partial charge >= 0.3 is 5.97 Å². The Morgan fingerprint density at radius 1 is 1.39 bits per heavy atom. The Morgan fingerprint density at radius 3 is 2.65 bits per heavy atom. The lowest BCUT2D eigenvalue weighted by Gasteiger charge is -2.24. The second-order valence-electron chi connectivity index (χ2n) is 6.81. The van der Waals surface area contributed by atoms with Gasteiger partial charge in [0.05, 0.1) is 7.11 Å². The number of hydrogen-bond acceptors (Lipinski definition) is 3. The summed E-state index contributed by atoms with van der Waals surface area (Å²) in [4.78, 5) is 13.7. The van der Waals surface area contributed by atoms with Gasteiger partial charge in [0.2, 0.25) is 5.67 Å². The van der Waals surface area contributed by atoms with Crippen molar-refractivity contribution in [2.45, 2.75) is 50.2 Å². The number of hydrogen-bond donors (Lipinski definition) is 1. The third-order valence-corrected chi connectivity index (χ3v) is 5.45. The van der Waals surface area contributed by atoms with E-state index in [-0.39, 0.29) is 6.54 Å². The van der Waals surface area contributed by atoms with E-state index in [9.17, 15) is 9.90 Å². The van der Waals surface area contributed by atoms with E-state index in [2.05, 4.69) is 4.90 Å². The van der Waals surface area contributed by atoms with Crippen LogP contribution in [-0.2, 0) is 4.79 Å². The van der Waals surface area contributed by atoms with Crippen LogP contribution in [0.15, 0.2) is 18.2 Å². The Hall–Kier alpha value is -1.62. The van der Waals surface area contributed by atoms with Gasteiger partial charge in [0.25, 0.3) is 0 Å². The molecule has 1 heterocycles. The summed E-state index contributed by atoms with van der Waals surface area (Å²) in [6, 6.07) is 5.76. The Kier molecular flexibility index (Phi) is 4.32. The molecule has 0 bridgehead atoms. The van der Waals surface area contributed by atoms with Crippen molar-refractivity contribution in [3.8, 4) is 5.75 Å². The number of benzene rings is 1. The number of aryl methyl sites for hydroxylation is 1. The fourth-order valence-electron chi connectivity index (χ4n) is 4.12. The SMILES string of the molecule is COc1ccc([C@@H]2CN(C3CCCC3)C[C@@]2(F)C(=O)O)c(C)c1. The monoisotopic (exact) mass is 321 g/mol. The quantitative estimate of drug-likeness (QED) is 0.925. The minimum Gasteiger partial charge on any atom is -0.497 e. The van der Waals surface area contributed by atoms with Crippen LogP contribution in [0.1, 0.15) is 42.7 Å². The minimum absolute atomic E-state index is 0.0108. The van der Waals surface area contributed by atoms with Crippen LogP contribution < -0.4 is 4.74 Å². The van der Waals surface area contributed by atoms with E-state index in [0.29, 0.717) is 18.3 Å². The zero-order valence-corrected chi connectivity index (χ0v) is 13.7. The summed E-state index contributed by atoms with van der Waals surface area (Å²) in [5.74, 6) is -1.28. The van der Waals surface area contributed by atoms with Gasteiger partial charge in [-0.3, -0.25) is 4.90 Å². The van der Waals surface area contributed by atoms with Crippen LogP contribution >= 0.6 is 0 Å². The third kappa shape index (κ3) is 2.82. The van der Waals surface area contributed by atoms with Crippen molar-refractivity contribution in [2.24, 2.45) is 0 Å². The molecular weight excluding hydrogens is 297 g/mol. The van der Waals surface area contributed by atoms with E-state index in [1.165, 1.54) is 0 Å². The summed E-state index contributed by atoms with van der Waals surface area (Å²) in [5.41, 5.74) is -0.566. The van der Waals surface area contributed by atoms with Gasteiger partial charge in [-0.25, -0.2) is 9.18 Å². The number of carbonyl (C=O) groups is 1. The lowest BCUT2D eigenvalue weighted by atomic mass is 9.84. The number of rotatable bonds is 4. The summed E-state index contributed by atoms with van der Waals surface area (Å²) in [5, 5.41) is 9.53. The van der Waals surface area contributed by atoms with Crippen molar-refractivity contribution in [1.82, 2.24) is 4.90 Å². The molecule has 2 fully saturated rings. The fraction of sp³-hybridized carbons (Fsp3) is 0.611. The summed E-state index contributed by atoms with van der Waals surface area (Å²) in [6.07, 6.45) is 4.40. The van der Waals surface area contributed by atoms with Crippen LogP contribution in [0, 0.1) is 6.92 Å². The molecule has 0 radical (unpaired) electrons. The summed E-state index contributed by atoms with van der Waals surface area (Å²) < 4.78 is 20.6. The first kappa shape index (κ1) is 16.2. The van der Waals surface area contributed by atoms with E-state index in [1.54, 1.807) is 13.2 Å². The van der Waals surface area contributed by atoms with Crippen molar-refractivity contribution in [2.75, 3.05) is 20.2 Å². The molecule has 0 spiro atoms. The smallest absolute Gasteiger partial charge is 0.343 e. The van der Waals surface area contributed by atoms with Crippen molar-refractivity contribution >= 4 is 5.97 Å². The van der Waals surface area contributed by atoms with Crippen LogP contribution in [0.3, 0.4) is 0 Å². The Bertz CT molecular complexity index is 600. The molecule has 1 saturated carbocycles. The van der Waals surface area contributed by atoms with E-state index in [1.807, 2.05) is 19.1 Å². The van der Waals surface area contributed by atoms with Crippen molar-refractivity contribution in [3.05, 3.63) is 29.3 Å². The van der Waals surface area contributed by atoms with Gasteiger partial charge in [-0.1, -0.05) is 18.9 Å². The molecule has 23 heavy (non-hydrogen) atoms. The number of likely N-dealkylation sites (tertiary alicyclic amines) is 1. The Balaban J connectivity index is 1.93. The normalized spacial score (nSPS) is 29.1. The zero-order chi connectivity index (χ0) is 16.6. The highest BCUT2D eigenvalue weighted by Gasteiger charge is 2.55. The molecule has 1 aliphatic carbocycles. The predicted molar refractivity (Wildman–Crippen MR) is 85.8 cm³/mol. The summed E-state index contributed by atoms with van der Waals surface area (Å²) in [6.45, 7) is 2.35. The predicted octanol–water partition coefficient (Wildman–Crippen LogP) is 3.14. The molecular formula is C18H24FNO3. The summed E-state index contributed by atoms with van der Waals surface area (Å²) >= 11 is 0. The molecule has 0 aromatic heterocycles. The first-order valence-electron chi connectivity index (χ1n) is 8.26. The molecule has 1 aromatic rings. The largest absolute Gasteiger partial charge is 0.497 e. The average Bonchev–Trinajstić information content (AvgIpc) is 3.15. The van der Waals surface area contributed by atoms with Crippen LogP contribution in [0.5, 0.6) is 5.75 Å². The molecule has 0 unspecified atom stereocenters. The highest BCUT2D eigenvalue weighted by molar-refractivity contribution is 5.80. The lowest BCUT2D eigenvalue weighted by molar-refractivity contribution is -0.151. The maximum Gasteiger partial charge on any atom is 0.343 e. The second-order valence-corrected chi connectivity index (χ2v) is 6.81. The van der Waals surface area contributed by atoms with Gasteiger partial charge < -0.3 is 9.84 Å². The molecule has 5 heteroatoms. The van der Waals surface area contributed by atoms with Gasteiger partial charge in [0.15, 0.2) is 0 Å². The average molecular weight is 321 g/mol. The Labute approximate surface area is 136 Å². The van der Waals surface area contributed by atoms with Crippen LogP contribution in [0.2, 0.25) is 0 Å². The van der Waals surface area contributed by atoms with Crippen molar-refractivity contribution < 1.29 is 19.0 Å². The van der Waals surface area contributed by atoms with Gasteiger partial charge in [-0.15, -0.1) is 0 Å². The van der Waals surface area contributed by atoms with Crippen molar-refractivity contribution in [1.29, 1.82) is 0 Å². The zero-order valence-electron chi connectivity index (χ0n) is 13.7. The number of ether oxygens (including phenoxy) is 1. The van der Waals surface area contributed by atoms with Crippen LogP contribution in [0.4, 0.5) is 4.39 Å². The van der Waals surface area contributed by atoms with E-state index in [4.69, 9.17) is 4.74 Å². The van der Waals surface area contributed by atoms with Crippen LogP contribution in [-0.4, -0.2) is 47.9 Å². The molecule has 2 atom stereocenters. The fourth-order valence-corrected chi connectivity index (χ4v) is 4.12. The van der Waals surface area contributed by atoms with E-state index < -0.39 is 17.6 Å². The second kappa shape index (κ2) is 6.11. The lowest BCUT2D eigenvalue weighted by Crippen LogP contribution is -2.42. The molecule has 3 rings (SSSR count). The number of aliphatic carboxylic acids is 1. The maximum atomic E-state index is 15.4. The van der Waals surface area contributed by atoms with E-state index >= 15 is 4.39 Å². The first-order valence-corrected chi connectivity index (χ1v) is 8.26. The summed E-state index contributed by atoms with van der Waals surface area (Å²) in [7, 11) is 1.59. The number of methoxy groups -OCH3 is 1. The number of halogens is 1. The Morgan fingerprint density at radius 2 is 2.09 bits per heavy atom. The minimum atomic E-state index is -2.22. The number of nitrogens with zero attached hydrogens (tertiary/aromatic N) is 1. The number of alkyl halides is 1. The highest BCUT2D eigenvalue weighted by Crippen LogP contribution is 2.43. The van der Waals surface area contributed by atoms with Gasteiger partial charge in [-0.05, 0) is 43.0 Å². The molecule has 0 amide bonds. The molecule has 4 nitrogen and oxygen atoms in total. The first-order chi connectivity index (χ1) is 11.0. The standard InChI is InChI=1S/C18H24FNO3/c1-12-9-14(23-2)7-8-15(12)16-10-20(13-5-3-4-6-13)11-18(16,19)17(21)22/h7-9,13,16H,3-6,10-11H2,1-2H3,(H,21,22)/t16-,18-/m0/s1. The van der Waals surface area contributed by atoms with Crippen LogP contribution in [0.25, 0.3) is 0 Å². The van der Waals surface area contributed by atoms with Gasteiger partial charge in [-0.2, -0.15) is 0 Å². The maximum absolute atomic E-state index is 15.4. The number of carboxylic acid groups (broad SMARTS) is 1. The molecule has 2 aliphatic rings. The van der Waals surface area contributed by atoms with Crippen molar-refractivity contribution in [3.63, 3.8) is 0 Å². The molecule has 1 aromatic carbocycles.